The Morgan fingerprint density at radius 3 is 2.75 bits per heavy atom. The van der Waals surface area contributed by atoms with Gasteiger partial charge in [-0.05, 0) is 48.7 Å². The van der Waals surface area contributed by atoms with Crippen molar-refractivity contribution in [1.82, 2.24) is 14.5 Å². The molecule has 0 saturated heterocycles. The van der Waals surface area contributed by atoms with Crippen LogP contribution in [0.15, 0.2) is 63.2 Å². The van der Waals surface area contributed by atoms with Gasteiger partial charge < -0.3 is 0 Å². The Morgan fingerprint density at radius 2 is 2.00 bits per heavy atom. The van der Waals surface area contributed by atoms with Gasteiger partial charge in [-0.2, -0.15) is 0 Å². The summed E-state index contributed by atoms with van der Waals surface area (Å²) in [6.45, 7) is 4.51. The molecule has 0 bridgehead atoms. The molecule has 4 rings (SSSR count). The van der Waals surface area contributed by atoms with Crippen LogP contribution in [0.1, 0.15) is 21.6 Å². The molecule has 0 N–H and O–H groups in total. The highest BCUT2D eigenvalue weighted by atomic mass is 79.9. The van der Waals surface area contributed by atoms with E-state index in [1.165, 1.54) is 5.56 Å². The molecule has 0 fully saturated rings. The molecule has 0 aliphatic carbocycles. The number of thioether (sulfide) groups is 1. The first-order chi connectivity index (χ1) is 13.5. The fourth-order valence-electron chi connectivity index (χ4n) is 3.01. The lowest BCUT2D eigenvalue weighted by Crippen LogP contribution is -2.24. The minimum Gasteiger partial charge on any atom is -0.282 e. The zero-order valence-corrected chi connectivity index (χ0v) is 18.7. The lowest BCUT2D eigenvalue weighted by molar-refractivity contribution is 0.657. The summed E-state index contributed by atoms with van der Waals surface area (Å²) in [5, 5.41) is 1.47. The van der Waals surface area contributed by atoms with Gasteiger partial charge in [0, 0.05) is 27.5 Å². The van der Waals surface area contributed by atoms with Gasteiger partial charge in [0.2, 0.25) is 0 Å². The SMILES string of the molecule is Cc1sc2nc(SCc3cccc(Br)c3)n(Cc3cccnc3)c(=O)c2c1C. The van der Waals surface area contributed by atoms with Gasteiger partial charge >= 0.3 is 0 Å². The van der Waals surface area contributed by atoms with E-state index in [2.05, 4.69) is 33.0 Å². The second kappa shape index (κ2) is 8.19. The minimum absolute atomic E-state index is 0.0208. The summed E-state index contributed by atoms with van der Waals surface area (Å²) in [5.41, 5.74) is 3.22. The van der Waals surface area contributed by atoms with Crippen molar-refractivity contribution in [3.8, 4) is 0 Å². The van der Waals surface area contributed by atoms with Crippen molar-refractivity contribution in [2.75, 3.05) is 0 Å². The van der Waals surface area contributed by atoms with Gasteiger partial charge in [-0.1, -0.05) is 45.9 Å². The van der Waals surface area contributed by atoms with Crippen LogP contribution in [-0.4, -0.2) is 14.5 Å². The summed E-state index contributed by atoms with van der Waals surface area (Å²) in [5.74, 6) is 0.744. The van der Waals surface area contributed by atoms with Crippen molar-refractivity contribution in [2.45, 2.75) is 31.3 Å². The molecule has 28 heavy (non-hydrogen) atoms. The van der Waals surface area contributed by atoms with Crippen molar-refractivity contribution in [2.24, 2.45) is 0 Å². The van der Waals surface area contributed by atoms with E-state index in [4.69, 9.17) is 4.98 Å². The van der Waals surface area contributed by atoms with Crippen LogP contribution in [0.5, 0.6) is 0 Å². The predicted molar refractivity (Wildman–Crippen MR) is 120 cm³/mol. The van der Waals surface area contributed by atoms with Gasteiger partial charge in [0.15, 0.2) is 5.16 Å². The van der Waals surface area contributed by atoms with E-state index in [0.717, 1.165) is 41.6 Å². The highest BCUT2D eigenvalue weighted by Gasteiger charge is 2.17. The average molecular weight is 472 g/mol. The standard InChI is InChI=1S/C21H18BrN3OS2/c1-13-14(2)28-19-18(13)20(26)25(11-16-6-4-8-23-10-16)21(24-19)27-12-15-5-3-7-17(22)9-15/h3-10H,11-12H2,1-2H3. The van der Waals surface area contributed by atoms with Gasteiger partial charge in [0.05, 0.1) is 11.9 Å². The molecule has 3 heterocycles. The summed E-state index contributed by atoms with van der Waals surface area (Å²) in [6.07, 6.45) is 3.54. The number of hydrogen-bond donors (Lipinski definition) is 0. The highest BCUT2D eigenvalue weighted by Crippen LogP contribution is 2.30. The second-order valence-corrected chi connectivity index (χ2v) is 9.59. The number of thiophene rings is 1. The lowest BCUT2D eigenvalue weighted by Gasteiger charge is -2.12. The van der Waals surface area contributed by atoms with Crippen molar-refractivity contribution in [3.63, 3.8) is 0 Å². The molecule has 0 aliphatic heterocycles. The molecule has 0 atom stereocenters. The number of hydrogen-bond acceptors (Lipinski definition) is 5. The first-order valence-corrected chi connectivity index (χ1v) is 11.4. The number of rotatable bonds is 5. The van der Waals surface area contributed by atoms with E-state index in [-0.39, 0.29) is 5.56 Å². The van der Waals surface area contributed by atoms with E-state index in [1.807, 2.05) is 38.1 Å². The Bertz CT molecular complexity index is 1200. The molecule has 7 heteroatoms. The van der Waals surface area contributed by atoms with Crippen molar-refractivity contribution in [1.29, 1.82) is 0 Å². The van der Waals surface area contributed by atoms with Crippen LogP contribution >= 0.6 is 39.0 Å². The van der Waals surface area contributed by atoms with Crippen molar-refractivity contribution in [3.05, 3.63) is 85.2 Å². The zero-order chi connectivity index (χ0) is 19.7. The summed E-state index contributed by atoms with van der Waals surface area (Å²) in [7, 11) is 0. The molecular formula is C21H18BrN3OS2. The number of aromatic nitrogens is 3. The summed E-state index contributed by atoms with van der Waals surface area (Å²) < 4.78 is 2.83. The highest BCUT2D eigenvalue weighted by molar-refractivity contribution is 9.10. The maximum atomic E-state index is 13.3. The third kappa shape index (κ3) is 3.92. The fraction of sp³-hybridized carbons (Fsp3) is 0.190. The van der Waals surface area contributed by atoms with E-state index in [9.17, 15) is 4.79 Å². The van der Waals surface area contributed by atoms with Crippen LogP contribution in [-0.2, 0) is 12.3 Å². The Hall–Kier alpha value is -1.96. The number of pyridine rings is 1. The number of nitrogens with zero attached hydrogens (tertiary/aromatic N) is 3. The maximum Gasteiger partial charge on any atom is 0.263 e. The third-order valence-corrected chi connectivity index (χ3v) is 7.22. The molecule has 0 spiro atoms. The van der Waals surface area contributed by atoms with Crippen molar-refractivity contribution >= 4 is 49.2 Å². The largest absolute Gasteiger partial charge is 0.282 e. The van der Waals surface area contributed by atoms with Crippen LogP contribution < -0.4 is 5.56 Å². The molecule has 4 aromatic rings. The normalized spacial score (nSPS) is 11.2. The minimum atomic E-state index is 0.0208. The molecule has 3 aromatic heterocycles. The van der Waals surface area contributed by atoms with E-state index in [1.54, 1.807) is 40.1 Å². The second-order valence-electron chi connectivity index (χ2n) is 6.53. The number of benzene rings is 1. The Labute approximate surface area is 179 Å². The van der Waals surface area contributed by atoms with Crippen LogP contribution in [0, 0.1) is 13.8 Å². The van der Waals surface area contributed by atoms with Gasteiger partial charge in [0.1, 0.15) is 4.83 Å². The Kier molecular flexibility index (Phi) is 5.66. The molecule has 1 aromatic carbocycles. The van der Waals surface area contributed by atoms with Gasteiger partial charge in [-0.25, -0.2) is 4.98 Å². The molecule has 0 saturated carbocycles. The molecule has 0 unspecified atom stereocenters. The Balaban J connectivity index is 1.78. The van der Waals surface area contributed by atoms with Crippen LogP contribution in [0.3, 0.4) is 0 Å². The smallest absolute Gasteiger partial charge is 0.263 e. The molecule has 0 amide bonds. The molecule has 0 aliphatic rings. The van der Waals surface area contributed by atoms with Gasteiger partial charge in [0.25, 0.3) is 5.56 Å². The van der Waals surface area contributed by atoms with Gasteiger partial charge in [-0.15, -0.1) is 11.3 Å². The van der Waals surface area contributed by atoms with E-state index >= 15 is 0 Å². The third-order valence-electron chi connectivity index (χ3n) is 4.57. The summed E-state index contributed by atoms with van der Waals surface area (Å²) >= 11 is 6.69. The van der Waals surface area contributed by atoms with Crippen LogP contribution in [0.25, 0.3) is 10.2 Å². The van der Waals surface area contributed by atoms with Crippen molar-refractivity contribution < 1.29 is 0 Å². The first kappa shape index (κ1) is 19.4. The van der Waals surface area contributed by atoms with E-state index in [0.29, 0.717) is 6.54 Å². The molecule has 4 nitrogen and oxygen atoms in total. The van der Waals surface area contributed by atoms with Crippen LogP contribution in [0.2, 0.25) is 0 Å². The zero-order valence-electron chi connectivity index (χ0n) is 15.5. The number of halogens is 1. The summed E-state index contributed by atoms with van der Waals surface area (Å²) in [6, 6.07) is 12.1. The monoisotopic (exact) mass is 471 g/mol. The summed E-state index contributed by atoms with van der Waals surface area (Å²) in [4.78, 5) is 24.3. The maximum absolute atomic E-state index is 13.3. The average Bonchev–Trinajstić information content (AvgIpc) is 2.97. The first-order valence-electron chi connectivity index (χ1n) is 8.79. The van der Waals surface area contributed by atoms with E-state index < -0.39 is 0 Å². The van der Waals surface area contributed by atoms with Gasteiger partial charge in [-0.3, -0.25) is 14.3 Å². The predicted octanol–water partition coefficient (Wildman–Crippen LogP) is 5.57. The molecule has 142 valence electrons. The number of aryl methyl sites for hydroxylation is 2. The van der Waals surface area contributed by atoms with Crippen LogP contribution in [0.4, 0.5) is 0 Å². The molecular weight excluding hydrogens is 454 g/mol. The lowest BCUT2D eigenvalue weighted by atomic mass is 10.2. The number of fused-ring (bicyclic) bond motifs is 1. The fourth-order valence-corrected chi connectivity index (χ4v) is 5.47. The Morgan fingerprint density at radius 1 is 1.18 bits per heavy atom. The topological polar surface area (TPSA) is 47.8 Å². The quantitative estimate of drug-likeness (QED) is 0.281. The molecule has 0 radical (unpaired) electrons.